The van der Waals surface area contributed by atoms with E-state index in [-0.39, 0.29) is 0 Å². The van der Waals surface area contributed by atoms with Gasteiger partial charge in [0.2, 0.25) is 0 Å². The average molecular weight is 206 g/mol. The van der Waals surface area contributed by atoms with Gasteiger partial charge in [0.05, 0.1) is 11.6 Å². The van der Waals surface area contributed by atoms with E-state index in [4.69, 9.17) is 5.84 Å². The Morgan fingerprint density at radius 2 is 2.27 bits per heavy atom. The van der Waals surface area contributed by atoms with Gasteiger partial charge in [-0.2, -0.15) is 5.10 Å². The highest BCUT2D eigenvalue weighted by molar-refractivity contribution is 5.86. The van der Waals surface area contributed by atoms with Crippen molar-refractivity contribution in [1.29, 1.82) is 0 Å². The monoisotopic (exact) mass is 206 g/mol. The summed E-state index contributed by atoms with van der Waals surface area (Å²) in [5.41, 5.74) is 0.833. The van der Waals surface area contributed by atoms with Crippen molar-refractivity contribution in [2.75, 3.05) is 12.1 Å². The Hall–Kier alpha value is -1.69. The van der Waals surface area contributed by atoms with Crippen LogP contribution in [0.4, 0.5) is 5.82 Å². The Morgan fingerprint density at radius 3 is 2.93 bits per heavy atom. The van der Waals surface area contributed by atoms with Gasteiger partial charge >= 0.3 is 0 Å². The van der Waals surface area contributed by atoms with Crippen molar-refractivity contribution in [1.82, 2.24) is 19.7 Å². The van der Waals surface area contributed by atoms with Gasteiger partial charge in [-0.15, -0.1) is 0 Å². The zero-order chi connectivity index (χ0) is 10.8. The first kappa shape index (κ1) is 9.85. The van der Waals surface area contributed by atoms with Crippen LogP contribution in [0, 0.1) is 0 Å². The molecule has 0 bridgehead atoms. The van der Waals surface area contributed by atoms with Crippen LogP contribution >= 0.6 is 0 Å². The number of hydrogen-bond donors (Lipinski definition) is 1. The molecule has 0 aromatic carbocycles. The maximum Gasteiger partial charge on any atom is 0.163 e. The van der Waals surface area contributed by atoms with E-state index >= 15 is 0 Å². The van der Waals surface area contributed by atoms with Crippen LogP contribution in [0.3, 0.4) is 0 Å². The minimum absolute atomic E-state index is 0.697. The van der Waals surface area contributed by atoms with Crippen LogP contribution < -0.4 is 10.9 Å². The molecule has 0 aliphatic heterocycles. The Bertz CT molecular complexity index is 461. The number of rotatable bonds is 3. The Balaban J connectivity index is 2.58. The summed E-state index contributed by atoms with van der Waals surface area (Å²) >= 11 is 0. The lowest BCUT2D eigenvalue weighted by Gasteiger charge is -2.10. The number of fused-ring (bicyclic) bond motifs is 1. The predicted octanol–water partition coefficient (Wildman–Crippen LogP) is 0.546. The number of hydrogen-bond acceptors (Lipinski definition) is 5. The van der Waals surface area contributed by atoms with Gasteiger partial charge < -0.3 is 0 Å². The molecule has 0 spiro atoms. The van der Waals surface area contributed by atoms with E-state index in [2.05, 4.69) is 22.0 Å². The van der Waals surface area contributed by atoms with E-state index in [1.165, 1.54) is 11.3 Å². The molecular formula is C9H14N6. The summed E-state index contributed by atoms with van der Waals surface area (Å²) in [5, 5.41) is 6.62. The molecule has 0 atom stereocenters. The van der Waals surface area contributed by atoms with Crippen molar-refractivity contribution in [2.45, 2.75) is 19.9 Å². The molecule has 2 heterocycles. The number of nitrogens with two attached hydrogens (primary N) is 1. The molecule has 0 aliphatic rings. The smallest absolute Gasteiger partial charge is 0.163 e. The van der Waals surface area contributed by atoms with Crippen molar-refractivity contribution in [3.63, 3.8) is 0 Å². The average Bonchev–Trinajstić information content (AvgIpc) is 2.62. The molecule has 0 radical (unpaired) electrons. The van der Waals surface area contributed by atoms with E-state index in [1.807, 2.05) is 4.68 Å². The van der Waals surface area contributed by atoms with E-state index < -0.39 is 0 Å². The Morgan fingerprint density at radius 1 is 1.47 bits per heavy atom. The Labute approximate surface area is 87.7 Å². The fraction of sp³-hybridized carbons (Fsp3) is 0.444. The highest BCUT2D eigenvalue weighted by Gasteiger charge is 2.10. The normalized spacial score (nSPS) is 10.9. The number of aryl methyl sites for hydroxylation is 1. The van der Waals surface area contributed by atoms with Crippen molar-refractivity contribution < 1.29 is 0 Å². The Kier molecular flexibility index (Phi) is 2.51. The maximum absolute atomic E-state index is 5.67. The molecule has 0 aliphatic carbocycles. The standard InChI is InChI=1S/C9H14N6/c1-3-4-15-9-7(5-13-15)8(14(2)10)11-6-12-9/h5-6H,3-4,10H2,1-2H3. The second-order valence-electron chi connectivity index (χ2n) is 3.41. The SMILES string of the molecule is CCCn1ncc2c(N(C)N)ncnc21. The highest BCUT2D eigenvalue weighted by Crippen LogP contribution is 2.19. The lowest BCUT2D eigenvalue weighted by Crippen LogP contribution is -2.26. The van der Waals surface area contributed by atoms with Gasteiger partial charge in [-0.25, -0.2) is 20.5 Å². The summed E-state index contributed by atoms with van der Waals surface area (Å²) in [5.74, 6) is 6.37. The van der Waals surface area contributed by atoms with Gasteiger partial charge in [-0.05, 0) is 6.42 Å². The molecule has 2 rings (SSSR count). The van der Waals surface area contributed by atoms with Gasteiger partial charge in [0.25, 0.3) is 0 Å². The number of nitrogens with zero attached hydrogens (tertiary/aromatic N) is 5. The fourth-order valence-corrected chi connectivity index (χ4v) is 1.54. The van der Waals surface area contributed by atoms with Crippen molar-refractivity contribution in [2.24, 2.45) is 5.84 Å². The van der Waals surface area contributed by atoms with Crippen molar-refractivity contribution >= 4 is 16.9 Å². The molecule has 2 aromatic heterocycles. The maximum atomic E-state index is 5.67. The first-order valence-corrected chi connectivity index (χ1v) is 4.89. The largest absolute Gasteiger partial charge is 0.297 e. The van der Waals surface area contributed by atoms with Gasteiger partial charge in [0.1, 0.15) is 6.33 Å². The van der Waals surface area contributed by atoms with E-state index in [9.17, 15) is 0 Å². The van der Waals surface area contributed by atoms with E-state index in [1.54, 1.807) is 13.2 Å². The number of anilines is 1. The third-order valence-electron chi connectivity index (χ3n) is 2.18. The minimum Gasteiger partial charge on any atom is -0.297 e. The zero-order valence-electron chi connectivity index (χ0n) is 8.88. The van der Waals surface area contributed by atoms with Crippen LogP contribution in [0.25, 0.3) is 11.0 Å². The minimum atomic E-state index is 0.697. The summed E-state index contributed by atoms with van der Waals surface area (Å²) in [4.78, 5) is 8.33. The summed E-state index contributed by atoms with van der Waals surface area (Å²) < 4.78 is 1.87. The van der Waals surface area contributed by atoms with Gasteiger partial charge in [-0.1, -0.05) is 6.92 Å². The molecule has 6 nitrogen and oxygen atoms in total. The highest BCUT2D eigenvalue weighted by atomic mass is 15.4. The first-order chi connectivity index (χ1) is 7.24. The van der Waals surface area contributed by atoms with E-state index in [0.29, 0.717) is 5.82 Å². The first-order valence-electron chi connectivity index (χ1n) is 4.89. The summed E-state index contributed by atoms with van der Waals surface area (Å²) in [6.45, 7) is 2.96. The lowest BCUT2D eigenvalue weighted by atomic mass is 10.4. The van der Waals surface area contributed by atoms with Crippen LogP contribution in [0.1, 0.15) is 13.3 Å². The van der Waals surface area contributed by atoms with Gasteiger partial charge in [0, 0.05) is 13.6 Å². The van der Waals surface area contributed by atoms with Gasteiger partial charge in [-0.3, -0.25) is 5.01 Å². The fourth-order valence-electron chi connectivity index (χ4n) is 1.54. The third-order valence-corrected chi connectivity index (χ3v) is 2.18. The quantitative estimate of drug-likeness (QED) is 0.586. The van der Waals surface area contributed by atoms with Crippen molar-refractivity contribution in [3.05, 3.63) is 12.5 Å². The van der Waals surface area contributed by atoms with Crippen LogP contribution in [-0.2, 0) is 6.54 Å². The lowest BCUT2D eigenvalue weighted by molar-refractivity contribution is 0.617. The summed E-state index contributed by atoms with van der Waals surface area (Å²) in [7, 11) is 1.75. The molecule has 2 aromatic rings. The summed E-state index contributed by atoms with van der Waals surface area (Å²) in [6.07, 6.45) is 4.28. The number of aromatic nitrogens is 4. The zero-order valence-corrected chi connectivity index (χ0v) is 8.88. The molecule has 0 amide bonds. The molecule has 0 fully saturated rings. The molecule has 80 valence electrons. The molecule has 2 N–H and O–H groups in total. The molecule has 0 saturated carbocycles. The predicted molar refractivity (Wildman–Crippen MR) is 58.2 cm³/mol. The molecule has 15 heavy (non-hydrogen) atoms. The number of hydrazine groups is 1. The van der Waals surface area contributed by atoms with Crippen LogP contribution in [-0.4, -0.2) is 26.8 Å². The molecular weight excluding hydrogens is 192 g/mol. The second-order valence-corrected chi connectivity index (χ2v) is 3.41. The second kappa shape index (κ2) is 3.82. The van der Waals surface area contributed by atoms with Gasteiger partial charge in [0.15, 0.2) is 11.5 Å². The topological polar surface area (TPSA) is 72.9 Å². The van der Waals surface area contributed by atoms with E-state index in [0.717, 1.165) is 24.0 Å². The van der Waals surface area contributed by atoms with Crippen LogP contribution in [0.15, 0.2) is 12.5 Å². The summed E-state index contributed by atoms with van der Waals surface area (Å²) in [6, 6.07) is 0. The molecule has 6 heteroatoms. The van der Waals surface area contributed by atoms with Crippen molar-refractivity contribution in [3.8, 4) is 0 Å². The molecule has 0 saturated heterocycles. The molecule has 0 unspecified atom stereocenters. The van der Waals surface area contributed by atoms with Crippen LogP contribution in [0.5, 0.6) is 0 Å². The van der Waals surface area contributed by atoms with Crippen LogP contribution in [0.2, 0.25) is 0 Å². The third kappa shape index (κ3) is 1.63.